The second-order valence-corrected chi connectivity index (χ2v) is 9.16. The normalized spacial score (nSPS) is 16.1. The van der Waals surface area contributed by atoms with Crippen LogP contribution in [0.1, 0.15) is 31.4 Å². The monoisotopic (exact) mass is 421 g/mol. The number of rotatable bonds is 7. The van der Waals surface area contributed by atoms with Gasteiger partial charge in [-0.15, -0.1) is 0 Å². The van der Waals surface area contributed by atoms with E-state index in [2.05, 4.69) is 10.6 Å². The highest BCUT2D eigenvalue weighted by Gasteiger charge is 2.27. The maximum absolute atomic E-state index is 12.7. The van der Waals surface area contributed by atoms with Gasteiger partial charge in [-0.2, -0.15) is 4.31 Å². The second-order valence-electron chi connectivity index (χ2n) is 6.81. The van der Waals surface area contributed by atoms with Gasteiger partial charge in [0.2, 0.25) is 15.9 Å². The fourth-order valence-electron chi connectivity index (χ4n) is 3.20. The topological polar surface area (TPSA) is 78.5 Å². The second kappa shape index (κ2) is 9.05. The summed E-state index contributed by atoms with van der Waals surface area (Å²) in [6.45, 7) is 3.10. The molecule has 0 bridgehead atoms. The molecular formula is C20H24ClN3O3S. The van der Waals surface area contributed by atoms with E-state index in [1.165, 1.54) is 10.4 Å². The molecule has 1 saturated heterocycles. The van der Waals surface area contributed by atoms with Gasteiger partial charge in [0.25, 0.3) is 0 Å². The predicted molar refractivity (Wildman–Crippen MR) is 111 cm³/mol. The molecule has 1 heterocycles. The lowest BCUT2D eigenvalue weighted by Crippen LogP contribution is -2.30. The quantitative estimate of drug-likeness (QED) is 0.718. The Balaban J connectivity index is 1.61. The van der Waals surface area contributed by atoms with E-state index >= 15 is 0 Å². The van der Waals surface area contributed by atoms with Gasteiger partial charge in [0.05, 0.1) is 11.4 Å². The zero-order valence-corrected chi connectivity index (χ0v) is 17.3. The lowest BCUT2D eigenvalue weighted by molar-refractivity contribution is -0.115. The maximum atomic E-state index is 12.7. The van der Waals surface area contributed by atoms with E-state index in [0.29, 0.717) is 23.8 Å². The Hall–Kier alpha value is -1.93. The van der Waals surface area contributed by atoms with E-state index in [1.807, 2.05) is 25.1 Å². The van der Waals surface area contributed by atoms with E-state index in [-0.39, 0.29) is 23.4 Å². The third kappa shape index (κ3) is 4.91. The molecule has 1 amide bonds. The third-order valence-electron chi connectivity index (χ3n) is 4.76. The molecule has 0 aliphatic carbocycles. The molecule has 150 valence electrons. The summed E-state index contributed by atoms with van der Waals surface area (Å²) in [6, 6.07) is 13.7. The summed E-state index contributed by atoms with van der Waals surface area (Å²) >= 11 is 6.18. The number of amides is 1. The van der Waals surface area contributed by atoms with E-state index in [9.17, 15) is 13.2 Å². The zero-order chi connectivity index (χ0) is 20.1. The molecule has 1 unspecified atom stereocenters. The van der Waals surface area contributed by atoms with Crippen molar-refractivity contribution >= 4 is 33.2 Å². The lowest BCUT2D eigenvalue weighted by Gasteiger charge is -2.17. The summed E-state index contributed by atoms with van der Waals surface area (Å²) in [5.41, 5.74) is 1.37. The zero-order valence-electron chi connectivity index (χ0n) is 15.7. The van der Waals surface area contributed by atoms with Crippen LogP contribution in [-0.2, 0) is 14.8 Å². The summed E-state index contributed by atoms with van der Waals surface area (Å²) in [5.74, 6) is -0.255. The molecular weight excluding hydrogens is 398 g/mol. The Kier molecular flexibility index (Phi) is 6.72. The van der Waals surface area contributed by atoms with Crippen LogP contribution in [0.25, 0.3) is 0 Å². The first-order chi connectivity index (χ1) is 13.4. The fraction of sp³-hybridized carbons (Fsp3) is 0.350. The van der Waals surface area contributed by atoms with Gasteiger partial charge in [-0.25, -0.2) is 8.42 Å². The van der Waals surface area contributed by atoms with Gasteiger partial charge in [-0.1, -0.05) is 35.9 Å². The van der Waals surface area contributed by atoms with Crippen LogP contribution in [-0.4, -0.2) is 38.3 Å². The molecule has 0 radical (unpaired) electrons. The molecule has 1 atom stereocenters. The number of hydrogen-bond acceptors (Lipinski definition) is 4. The highest BCUT2D eigenvalue weighted by molar-refractivity contribution is 7.89. The summed E-state index contributed by atoms with van der Waals surface area (Å²) in [5, 5.41) is 6.52. The Morgan fingerprint density at radius 2 is 1.86 bits per heavy atom. The Morgan fingerprint density at radius 1 is 1.14 bits per heavy atom. The molecule has 2 N–H and O–H groups in total. The van der Waals surface area contributed by atoms with E-state index < -0.39 is 10.0 Å². The van der Waals surface area contributed by atoms with Crippen molar-refractivity contribution in [3.8, 4) is 0 Å². The Bertz CT molecular complexity index is 943. The number of carbonyl (C=O) groups excluding carboxylic acids is 1. The number of hydrogen-bond donors (Lipinski definition) is 2. The first-order valence-electron chi connectivity index (χ1n) is 9.26. The minimum absolute atomic E-state index is 0.0789. The summed E-state index contributed by atoms with van der Waals surface area (Å²) in [7, 11) is -3.51. The first-order valence-corrected chi connectivity index (χ1v) is 11.1. The molecule has 0 spiro atoms. The predicted octanol–water partition coefficient (Wildman–Crippen LogP) is 3.41. The van der Waals surface area contributed by atoms with Crippen molar-refractivity contribution in [2.24, 2.45) is 0 Å². The van der Waals surface area contributed by atoms with Crippen molar-refractivity contribution in [2.45, 2.75) is 30.7 Å². The van der Waals surface area contributed by atoms with Crippen LogP contribution in [0.2, 0.25) is 5.02 Å². The number of nitrogens with one attached hydrogen (secondary N) is 2. The highest BCUT2D eigenvalue weighted by Crippen LogP contribution is 2.24. The van der Waals surface area contributed by atoms with Gasteiger partial charge in [0.15, 0.2) is 0 Å². The van der Waals surface area contributed by atoms with Crippen LogP contribution in [0.4, 0.5) is 5.69 Å². The van der Waals surface area contributed by atoms with Crippen LogP contribution in [0.15, 0.2) is 53.4 Å². The van der Waals surface area contributed by atoms with Crippen LogP contribution >= 0.6 is 11.6 Å². The largest absolute Gasteiger partial charge is 0.325 e. The van der Waals surface area contributed by atoms with Crippen LogP contribution in [0.5, 0.6) is 0 Å². The van der Waals surface area contributed by atoms with Crippen molar-refractivity contribution in [3.05, 3.63) is 59.1 Å². The Morgan fingerprint density at radius 3 is 2.57 bits per heavy atom. The summed E-state index contributed by atoms with van der Waals surface area (Å²) < 4.78 is 26.8. The van der Waals surface area contributed by atoms with Crippen LogP contribution < -0.4 is 10.6 Å². The van der Waals surface area contributed by atoms with Crippen molar-refractivity contribution in [1.29, 1.82) is 0 Å². The SMILES string of the molecule is CC(NCC(=O)Nc1cccc(S(=O)(=O)N2CCCC2)c1)c1ccccc1Cl. The summed E-state index contributed by atoms with van der Waals surface area (Å²) in [6.07, 6.45) is 1.76. The van der Waals surface area contributed by atoms with Gasteiger partial charge in [-0.3, -0.25) is 4.79 Å². The lowest BCUT2D eigenvalue weighted by atomic mass is 10.1. The molecule has 0 saturated carbocycles. The standard InChI is InChI=1S/C20H24ClN3O3S/c1-15(18-9-2-3-10-19(18)21)22-14-20(25)23-16-7-6-8-17(13-16)28(26,27)24-11-4-5-12-24/h2-3,6-10,13,15,22H,4-5,11-12,14H2,1H3,(H,23,25). The number of carbonyl (C=O) groups is 1. The molecule has 1 fully saturated rings. The molecule has 0 aromatic heterocycles. The molecule has 2 aromatic rings. The minimum Gasteiger partial charge on any atom is -0.325 e. The number of anilines is 1. The molecule has 1 aliphatic rings. The smallest absolute Gasteiger partial charge is 0.243 e. The van der Waals surface area contributed by atoms with Crippen LogP contribution in [0.3, 0.4) is 0 Å². The Labute approximate surface area is 170 Å². The van der Waals surface area contributed by atoms with Crippen molar-refractivity contribution in [1.82, 2.24) is 9.62 Å². The average molecular weight is 422 g/mol. The van der Waals surface area contributed by atoms with Gasteiger partial charge >= 0.3 is 0 Å². The highest BCUT2D eigenvalue weighted by atomic mass is 35.5. The van der Waals surface area contributed by atoms with Crippen molar-refractivity contribution in [2.75, 3.05) is 25.0 Å². The van der Waals surface area contributed by atoms with E-state index in [0.717, 1.165) is 18.4 Å². The number of nitrogens with zero attached hydrogens (tertiary/aromatic N) is 1. The summed E-state index contributed by atoms with van der Waals surface area (Å²) in [4.78, 5) is 12.5. The average Bonchev–Trinajstić information content (AvgIpc) is 3.22. The van der Waals surface area contributed by atoms with Crippen LogP contribution in [0, 0.1) is 0 Å². The number of halogens is 1. The van der Waals surface area contributed by atoms with Crippen molar-refractivity contribution in [3.63, 3.8) is 0 Å². The van der Waals surface area contributed by atoms with Gasteiger partial charge < -0.3 is 10.6 Å². The first kappa shape index (κ1) is 20.8. The molecule has 3 rings (SSSR count). The third-order valence-corrected chi connectivity index (χ3v) is 7.00. The van der Waals surface area contributed by atoms with Gasteiger partial charge in [0, 0.05) is 29.8 Å². The molecule has 1 aliphatic heterocycles. The molecule has 8 heteroatoms. The van der Waals surface area contributed by atoms with Gasteiger partial charge in [-0.05, 0) is 49.6 Å². The van der Waals surface area contributed by atoms with Gasteiger partial charge in [0.1, 0.15) is 0 Å². The molecule has 28 heavy (non-hydrogen) atoms. The minimum atomic E-state index is -3.51. The molecule has 6 nitrogen and oxygen atoms in total. The van der Waals surface area contributed by atoms with Crippen molar-refractivity contribution < 1.29 is 13.2 Å². The van der Waals surface area contributed by atoms with E-state index in [1.54, 1.807) is 24.3 Å². The maximum Gasteiger partial charge on any atom is 0.243 e. The van der Waals surface area contributed by atoms with E-state index in [4.69, 9.17) is 11.6 Å². The molecule has 2 aromatic carbocycles. The fourth-order valence-corrected chi connectivity index (χ4v) is 5.06. The number of benzene rings is 2. The number of sulfonamides is 1.